The molecule has 0 aromatic carbocycles. The van der Waals surface area contributed by atoms with Crippen LogP contribution >= 0.6 is 0 Å². The molecule has 1 saturated carbocycles. The van der Waals surface area contributed by atoms with Crippen molar-refractivity contribution in [2.75, 3.05) is 11.9 Å². The van der Waals surface area contributed by atoms with Crippen molar-refractivity contribution >= 4 is 11.7 Å². The average molecular weight is 245 g/mol. The molecule has 0 bridgehead atoms. The molecule has 1 aliphatic heterocycles. The second-order valence-electron chi connectivity index (χ2n) is 5.36. The van der Waals surface area contributed by atoms with Crippen molar-refractivity contribution in [3.05, 3.63) is 24.0 Å². The van der Waals surface area contributed by atoms with Gasteiger partial charge in [-0.2, -0.15) is 0 Å². The summed E-state index contributed by atoms with van der Waals surface area (Å²) in [5.41, 5.74) is 1.75. The Balaban J connectivity index is 1.66. The maximum Gasteiger partial charge on any atom is 0.322 e. The second-order valence-corrected chi connectivity index (χ2v) is 5.36. The molecule has 2 heterocycles. The number of carbonyl (C=O) groups excluding carboxylic acids is 1. The number of nitrogens with one attached hydrogen (secondary N) is 1. The number of rotatable bonds is 1. The SMILES string of the molecule is Cc1ccc(NC(=O)N2CCC3CCCC32)cn1. The van der Waals surface area contributed by atoms with E-state index < -0.39 is 0 Å². The highest BCUT2D eigenvalue weighted by molar-refractivity contribution is 5.89. The summed E-state index contributed by atoms with van der Waals surface area (Å²) in [5.74, 6) is 0.742. The number of nitrogens with zero attached hydrogens (tertiary/aromatic N) is 2. The predicted molar refractivity (Wildman–Crippen MR) is 70.4 cm³/mol. The van der Waals surface area contributed by atoms with Crippen molar-refractivity contribution < 1.29 is 4.79 Å². The lowest BCUT2D eigenvalue weighted by Crippen LogP contribution is -2.39. The van der Waals surface area contributed by atoms with E-state index in [2.05, 4.69) is 10.3 Å². The summed E-state index contributed by atoms with van der Waals surface area (Å²) >= 11 is 0. The second kappa shape index (κ2) is 4.59. The number of pyridine rings is 1. The van der Waals surface area contributed by atoms with Gasteiger partial charge in [-0.3, -0.25) is 4.98 Å². The maximum absolute atomic E-state index is 12.2. The molecular formula is C14H19N3O. The van der Waals surface area contributed by atoms with E-state index >= 15 is 0 Å². The number of carbonyl (C=O) groups is 1. The van der Waals surface area contributed by atoms with Crippen molar-refractivity contribution in [3.63, 3.8) is 0 Å². The van der Waals surface area contributed by atoms with E-state index in [1.165, 1.54) is 25.7 Å². The molecule has 4 nitrogen and oxygen atoms in total. The quantitative estimate of drug-likeness (QED) is 0.827. The minimum absolute atomic E-state index is 0.0371. The Kier molecular flexibility index (Phi) is 2.94. The lowest BCUT2D eigenvalue weighted by Gasteiger charge is -2.24. The molecule has 18 heavy (non-hydrogen) atoms. The van der Waals surface area contributed by atoms with Crippen LogP contribution < -0.4 is 5.32 Å². The zero-order chi connectivity index (χ0) is 12.5. The Labute approximate surface area is 107 Å². The molecule has 1 aliphatic carbocycles. The summed E-state index contributed by atoms with van der Waals surface area (Å²) in [4.78, 5) is 18.4. The molecule has 2 aliphatic rings. The van der Waals surface area contributed by atoms with Gasteiger partial charge in [0.2, 0.25) is 0 Å². The number of anilines is 1. The highest BCUT2D eigenvalue weighted by atomic mass is 16.2. The molecule has 2 amide bonds. The summed E-state index contributed by atoms with van der Waals surface area (Å²) in [6.45, 7) is 2.84. The van der Waals surface area contributed by atoms with E-state index in [0.29, 0.717) is 6.04 Å². The van der Waals surface area contributed by atoms with Crippen LogP contribution in [0.15, 0.2) is 18.3 Å². The molecule has 1 aromatic rings. The van der Waals surface area contributed by atoms with Crippen molar-refractivity contribution in [1.29, 1.82) is 0 Å². The molecule has 2 atom stereocenters. The maximum atomic E-state index is 12.2. The number of hydrogen-bond donors (Lipinski definition) is 1. The number of likely N-dealkylation sites (tertiary alicyclic amines) is 1. The molecule has 1 saturated heterocycles. The van der Waals surface area contributed by atoms with Gasteiger partial charge in [0.1, 0.15) is 0 Å². The van der Waals surface area contributed by atoms with Gasteiger partial charge in [-0.15, -0.1) is 0 Å². The highest BCUT2D eigenvalue weighted by Gasteiger charge is 2.39. The first kappa shape index (κ1) is 11.5. The number of aryl methyl sites for hydroxylation is 1. The van der Waals surface area contributed by atoms with E-state index in [0.717, 1.165) is 23.8 Å². The average Bonchev–Trinajstić information content (AvgIpc) is 2.93. The Morgan fingerprint density at radius 1 is 1.39 bits per heavy atom. The van der Waals surface area contributed by atoms with Gasteiger partial charge in [0.05, 0.1) is 11.9 Å². The molecule has 1 aromatic heterocycles. The summed E-state index contributed by atoms with van der Waals surface area (Å²) in [7, 11) is 0. The molecule has 96 valence electrons. The molecular weight excluding hydrogens is 226 g/mol. The zero-order valence-corrected chi connectivity index (χ0v) is 10.7. The first-order valence-corrected chi connectivity index (χ1v) is 6.74. The molecule has 0 radical (unpaired) electrons. The van der Waals surface area contributed by atoms with Crippen LogP contribution in [-0.4, -0.2) is 28.5 Å². The van der Waals surface area contributed by atoms with Gasteiger partial charge in [-0.05, 0) is 44.2 Å². The van der Waals surface area contributed by atoms with Crippen molar-refractivity contribution in [2.45, 2.75) is 38.6 Å². The normalized spacial score (nSPS) is 26.2. The number of aromatic nitrogens is 1. The summed E-state index contributed by atoms with van der Waals surface area (Å²) < 4.78 is 0. The predicted octanol–water partition coefficient (Wildman–Crippen LogP) is 2.80. The van der Waals surface area contributed by atoms with Crippen LogP contribution in [0, 0.1) is 12.8 Å². The van der Waals surface area contributed by atoms with Crippen molar-refractivity contribution in [2.24, 2.45) is 5.92 Å². The Morgan fingerprint density at radius 3 is 3.06 bits per heavy atom. The van der Waals surface area contributed by atoms with Crippen molar-refractivity contribution in [1.82, 2.24) is 9.88 Å². The van der Waals surface area contributed by atoms with Gasteiger partial charge in [0.25, 0.3) is 0 Å². The van der Waals surface area contributed by atoms with Crippen LogP contribution in [0.4, 0.5) is 10.5 Å². The summed E-state index contributed by atoms with van der Waals surface area (Å²) in [6, 6.07) is 4.33. The fourth-order valence-corrected chi connectivity index (χ4v) is 3.22. The van der Waals surface area contributed by atoms with Crippen LogP contribution in [0.25, 0.3) is 0 Å². The van der Waals surface area contributed by atoms with E-state index in [1.807, 2.05) is 24.0 Å². The molecule has 4 heteroatoms. The van der Waals surface area contributed by atoms with Crippen LogP contribution in [0.1, 0.15) is 31.4 Å². The van der Waals surface area contributed by atoms with Crippen LogP contribution in [0.3, 0.4) is 0 Å². The molecule has 2 fully saturated rings. The Morgan fingerprint density at radius 2 is 2.28 bits per heavy atom. The smallest absolute Gasteiger partial charge is 0.321 e. The molecule has 1 N–H and O–H groups in total. The molecule has 2 unspecified atom stereocenters. The van der Waals surface area contributed by atoms with E-state index in [-0.39, 0.29) is 6.03 Å². The third kappa shape index (κ3) is 2.07. The largest absolute Gasteiger partial charge is 0.322 e. The highest BCUT2D eigenvalue weighted by Crippen LogP contribution is 2.37. The van der Waals surface area contributed by atoms with Crippen molar-refractivity contribution in [3.8, 4) is 0 Å². The first-order valence-electron chi connectivity index (χ1n) is 6.74. The number of fused-ring (bicyclic) bond motifs is 1. The molecule has 0 spiro atoms. The lowest BCUT2D eigenvalue weighted by atomic mass is 10.1. The fraction of sp³-hybridized carbons (Fsp3) is 0.571. The minimum atomic E-state index is 0.0371. The van der Waals surface area contributed by atoms with Crippen LogP contribution in [-0.2, 0) is 0 Å². The van der Waals surface area contributed by atoms with Gasteiger partial charge in [-0.25, -0.2) is 4.79 Å². The monoisotopic (exact) mass is 245 g/mol. The van der Waals surface area contributed by atoms with Gasteiger partial charge in [0.15, 0.2) is 0 Å². The standard InChI is InChI=1S/C14H19N3O/c1-10-5-6-12(9-15-10)16-14(18)17-8-7-11-3-2-4-13(11)17/h5-6,9,11,13H,2-4,7-8H2,1H3,(H,16,18). The Bertz CT molecular complexity index is 443. The third-order valence-corrected chi connectivity index (χ3v) is 4.18. The summed E-state index contributed by atoms with van der Waals surface area (Å²) in [6.07, 6.45) is 6.62. The van der Waals surface area contributed by atoms with Gasteiger partial charge >= 0.3 is 6.03 Å². The fourth-order valence-electron chi connectivity index (χ4n) is 3.22. The first-order chi connectivity index (χ1) is 8.74. The van der Waals surface area contributed by atoms with Gasteiger partial charge < -0.3 is 10.2 Å². The zero-order valence-electron chi connectivity index (χ0n) is 10.7. The molecule has 3 rings (SSSR count). The van der Waals surface area contributed by atoms with Gasteiger partial charge in [0, 0.05) is 18.3 Å². The summed E-state index contributed by atoms with van der Waals surface area (Å²) in [5, 5.41) is 2.95. The Hall–Kier alpha value is -1.58. The number of amides is 2. The van der Waals surface area contributed by atoms with E-state index in [1.54, 1.807) is 6.20 Å². The number of urea groups is 1. The van der Waals surface area contributed by atoms with E-state index in [4.69, 9.17) is 0 Å². The third-order valence-electron chi connectivity index (χ3n) is 4.18. The van der Waals surface area contributed by atoms with Crippen LogP contribution in [0.2, 0.25) is 0 Å². The lowest BCUT2D eigenvalue weighted by molar-refractivity contribution is 0.203. The van der Waals surface area contributed by atoms with E-state index in [9.17, 15) is 4.79 Å². The minimum Gasteiger partial charge on any atom is -0.321 e. The number of hydrogen-bond acceptors (Lipinski definition) is 2. The van der Waals surface area contributed by atoms with Gasteiger partial charge in [-0.1, -0.05) is 6.42 Å². The topological polar surface area (TPSA) is 45.2 Å². The van der Waals surface area contributed by atoms with Crippen LogP contribution in [0.5, 0.6) is 0 Å².